The molecule has 2 N–H and O–H groups in total. The minimum atomic E-state index is -0.723. The number of carbonyl (C=O) groups excluding carboxylic acids is 1. The number of allylic oxidation sites excluding steroid dienone is 1. The molecule has 130 valence electrons. The number of carboxylic acid groups (broad SMARTS) is 1. The summed E-state index contributed by atoms with van der Waals surface area (Å²) >= 11 is 0. The number of hydrogen-bond acceptors (Lipinski definition) is 3. The Morgan fingerprint density at radius 2 is 1.92 bits per heavy atom. The number of Topliss-reactive ketones (excluding diaryl/α,β-unsaturated/α-hetero) is 1. The molecule has 24 heavy (non-hydrogen) atoms. The molecular weight excluding hydrogens is 304 g/mol. The molecule has 5 aliphatic rings. The first-order valence-corrected chi connectivity index (χ1v) is 9.36. The molecule has 5 fully saturated rings. The van der Waals surface area contributed by atoms with Crippen LogP contribution in [0, 0.1) is 39.9 Å². The second-order valence-electron chi connectivity index (χ2n) is 9.71. The molecule has 0 aromatic carbocycles. The number of carboxylic acids is 1. The molecule has 4 heteroatoms. The average Bonchev–Trinajstić information content (AvgIpc) is 2.92. The molecule has 0 saturated heterocycles. The molecule has 5 saturated carbocycles. The van der Waals surface area contributed by atoms with Crippen LogP contribution < -0.4 is 0 Å². The third-order valence-corrected chi connectivity index (χ3v) is 8.88. The van der Waals surface area contributed by atoms with Crippen molar-refractivity contribution < 1.29 is 19.8 Å². The summed E-state index contributed by atoms with van der Waals surface area (Å²) in [5, 5.41) is 20.7. The largest absolute Gasteiger partial charge is 0.481 e. The summed E-state index contributed by atoms with van der Waals surface area (Å²) in [5.41, 5.74) is 0.0587. The molecule has 4 nitrogen and oxygen atoms in total. The molecule has 0 heterocycles. The highest BCUT2D eigenvalue weighted by molar-refractivity contribution is 5.91. The zero-order valence-electron chi connectivity index (χ0n) is 14.3. The summed E-state index contributed by atoms with van der Waals surface area (Å²) < 4.78 is 0. The van der Waals surface area contributed by atoms with Gasteiger partial charge in [0.25, 0.3) is 0 Å². The third-order valence-electron chi connectivity index (χ3n) is 8.88. The summed E-state index contributed by atoms with van der Waals surface area (Å²) in [5.74, 6) is -0.357. The van der Waals surface area contributed by atoms with E-state index in [1.54, 1.807) is 0 Å². The molecule has 8 atom stereocenters. The fourth-order valence-electron chi connectivity index (χ4n) is 8.54. The summed E-state index contributed by atoms with van der Waals surface area (Å²) in [4.78, 5) is 25.4. The van der Waals surface area contributed by atoms with Crippen molar-refractivity contribution in [2.45, 2.75) is 58.0 Å². The second-order valence-corrected chi connectivity index (χ2v) is 9.71. The molecule has 1 spiro atoms. The molecule has 4 bridgehead atoms. The Balaban J connectivity index is 1.75. The van der Waals surface area contributed by atoms with Crippen molar-refractivity contribution in [1.29, 1.82) is 0 Å². The number of aliphatic hydroxyl groups excluding tert-OH is 1. The molecule has 0 radical (unpaired) electrons. The van der Waals surface area contributed by atoms with Gasteiger partial charge in [-0.3, -0.25) is 9.59 Å². The number of fused-ring (bicyclic) bond motifs is 1. The molecule has 0 amide bonds. The van der Waals surface area contributed by atoms with Crippen LogP contribution in [0.15, 0.2) is 12.2 Å². The van der Waals surface area contributed by atoms with Gasteiger partial charge in [0.1, 0.15) is 5.78 Å². The predicted octanol–water partition coefficient (Wildman–Crippen LogP) is 2.80. The topological polar surface area (TPSA) is 74.6 Å². The number of rotatable bonds is 1. The maximum atomic E-state index is 12.9. The summed E-state index contributed by atoms with van der Waals surface area (Å²) in [6, 6.07) is 0. The van der Waals surface area contributed by atoms with Gasteiger partial charge in [0.05, 0.1) is 12.0 Å². The summed E-state index contributed by atoms with van der Waals surface area (Å²) in [6.07, 6.45) is 4.90. The van der Waals surface area contributed by atoms with Crippen LogP contribution in [0.5, 0.6) is 0 Å². The summed E-state index contributed by atoms with van der Waals surface area (Å²) in [6.45, 7) is 6.20. The van der Waals surface area contributed by atoms with E-state index in [2.05, 4.69) is 6.58 Å². The standard InChI is InChI=1S/C20H26O4/c1-10-5-19-6-11(10)3-4-13(19)20-8-12(21)7-18(2,14(22)9-20)16(20)15(19)17(23)24/h11-13,15-16,21H,1,3-9H2,2H3,(H,23,24)/t11-,12+,13-,15-,16-,18+,19+,20-/m1/s1. The van der Waals surface area contributed by atoms with Crippen molar-refractivity contribution in [1.82, 2.24) is 0 Å². The van der Waals surface area contributed by atoms with Crippen molar-refractivity contribution in [3.8, 4) is 0 Å². The van der Waals surface area contributed by atoms with Crippen LogP contribution in [0.1, 0.15) is 51.9 Å². The van der Waals surface area contributed by atoms with E-state index in [1.165, 1.54) is 5.57 Å². The third kappa shape index (κ3) is 1.39. The quantitative estimate of drug-likeness (QED) is 0.725. The first-order chi connectivity index (χ1) is 11.2. The highest BCUT2D eigenvalue weighted by atomic mass is 16.4. The monoisotopic (exact) mass is 330 g/mol. The van der Waals surface area contributed by atoms with Crippen molar-refractivity contribution in [2.24, 2.45) is 39.9 Å². The van der Waals surface area contributed by atoms with Crippen LogP contribution in [0.4, 0.5) is 0 Å². The first kappa shape index (κ1) is 15.1. The SMILES string of the molecule is C=C1C[C@]23C[C@H]1CC[C@H]2[C@]12CC(=O)[C@](C)(C[C@H](O)C1)[C@H]2[C@@H]3C(=O)O. The van der Waals surface area contributed by atoms with Gasteiger partial charge in [-0.2, -0.15) is 0 Å². The normalized spacial score (nSPS) is 57.8. The van der Waals surface area contributed by atoms with Gasteiger partial charge >= 0.3 is 5.97 Å². The van der Waals surface area contributed by atoms with Crippen molar-refractivity contribution in [2.75, 3.05) is 0 Å². The lowest BCUT2D eigenvalue weighted by atomic mass is 9.57. The number of ketones is 1. The van der Waals surface area contributed by atoms with Gasteiger partial charge in [-0.25, -0.2) is 0 Å². The predicted molar refractivity (Wildman–Crippen MR) is 87.0 cm³/mol. The zero-order chi connectivity index (χ0) is 17.1. The van der Waals surface area contributed by atoms with Crippen LogP contribution in [0.3, 0.4) is 0 Å². The fraction of sp³-hybridized carbons (Fsp3) is 0.800. The molecule has 5 aliphatic carbocycles. The van der Waals surface area contributed by atoms with Gasteiger partial charge in [0, 0.05) is 11.8 Å². The molecular formula is C20H26O4. The van der Waals surface area contributed by atoms with E-state index in [0.717, 1.165) is 25.7 Å². The van der Waals surface area contributed by atoms with Gasteiger partial charge in [-0.15, -0.1) is 0 Å². The molecule has 0 aromatic heterocycles. The van der Waals surface area contributed by atoms with Gasteiger partial charge < -0.3 is 10.2 Å². The highest BCUT2D eigenvalue weighted by Crippen LogP contribution is 2.81. The van der Waals surface area contributed by atoms with E-state index in [0.29, 0.717) is 25.2 Å². The Kier molecular flexibility index (Phi) is 2.61. The number of aliphatic hydroxyl groups is 1. The number of carbonyl (C=O) groups is 2. The van der Waals surface area contributed by atoms with Crippen LogP contribution in [-0.4, -0.2) is 28.1 Å². The Morgan fingerprint density at radius 3 is 2.62 bits per heavy atom. The Hall–Kier alpha value is -1.16. The van der Waals surface area contributed by atoms with Gasteiger partial charge in [-0.1, -0.05) is 19.1 Å². The molecule has 5 rings (SSSR count). The lowest BCUT2D eigenvalue weighted by molar-refractivity contribution is -0.153. The Bertz CT molecular complexity index is 683. The van der Waals surface area contributed by atoms with Crippen LogP contribution in [0.25, 0.3) is 0 Å². The first-order valence-electron chi connectivity index (χ1n) is 9.36. The maximum absolute atomic E-state index is 12.9. The molecule has 0 aromatic rings. The van der Waals surface area contributed by atoms with Crippen molar-refractivity contribution >= 4 is 11.8 Å². The van der Waals surface area contributed by atoms with Crippen LogP contribution in [-0.2, 0) is 9.59 Å². The summed E-state index contributed by atoms with van der Waals surface area (Å²) in [7, 11) is 0. The molecule has 0 aliphatic heterocycles. The minimum absolute atomic E-state index is 0.104. The maximum Gasteiger partial charge on any atom is 0.307 e. The van der Waals surface area contributed by atoms with Crippen molar-refractivity contribution in [3.05, 3.63) is 12.2 Å². The van der Waals surface area contributed by atoms with E-state index >= 15 is 0 Å². The lowest BCUT2D eigenvalue weighted by Crippen LogP contribution is -2.47. The van der Waals surface area contributed by atoms with Gasteiger partial charge in [-0.05, 0) is 67.1 Å². The van der Waals surface area contributed by atoms with Gasteiger partial charge in [0.15, 0.2) is 0 Å². The van der Waals surface area contributed by atoms with E-state index < -0.39 is 23.4 Å². The number of hydrogen-bond donors (Lipinski definition) is 2. The number of aliphatic carboxylic acids is 1. The Morgan fingerprint density at radius 1 is 1.17 bits per heavy atom. The van der Waals surface area contributed by atoms with E-state index in [9.17, 15) is 19.8 Å². The van der Waals surface area contributed by atoms with E-state index in [-0.39, 0.29) is 28.4 Å². The van der Waals surface area contributed by atoms with E-state index in [1.807, 2.05) is 6.92 Å². The minimum Gasteiger partial charge on any atom is -0.481 e. The van der Waals surface area contributed by atoms with Gasteiger partial charge in [0.2, 0.25) is 0 Å². The van der Waals surface area contributed by atoms with Crippen molar-refractivity contribution in [3.63, 3.8) is 0 Å². The molecule has 0 unspecified atom stereocenters. The zero-order valence-corrected chi connectivity index (χ0v) is 14.3. The van der Waals surface area contributed by atoms with E-state index in [4.69, 9.17) is 0 Å². The van der Waals surface area contributed by atoms with Crippen LogP contribution >= 0.6 is 0 Å². The smallest absolute Gasteiger partial charge is 0.307 e. The average molecular weight is 330 g/mol. The highest BCUT2D eigenvalue weighted by Gasteiger charge is 2.80. The second kappa shape index (κ2) is 4.14. The van der Waals surface area contributed by atoms with Crippen LogP contribution in [0.2, 0.25) is 0 Å². The fourth-order valence-corrected chi connectivity index (χ4v) is 8.54. The Labute approximate surface area is 142 Å². The lowest BCUT2D eigenvalue weighted by Gasteiger charge is -2.47.